The molecule has 0 bridgehead atoms. The number of hydrogen-bond acceptors (Lipinski definition) is 5. The van der Waals surface area contributed by atoms with Gasteiger partial charge in [0, 0.05) is 18.7 Å². The Balaban J connectivity index is 1.93. The van der Waals surface area contributed by atoms with Crippen LogP contribution >= 0.6 is 0 Å². The standard InChI is InChI=1S/C13H13N3O5/c17-10-2-1-7-14-11(10)12(18)15(13(14)19)8-3-5-9(6-4-8)16(20)21/h3-6,10-11,17H,1-2,7H2/t10-,11-/m0/s1. The van der Waals surface area contributed by atoms with Crippen molar-refractivity contribution in [1.29, 1.82) is 0 Å². The second-order valence-electron chi connectivity index (χ2n) is 5.08. The number of nitro groups is 1. The summed E-state index contributed by atoms with van der Waals surface area (Å²) in [6.07, 6.45) is 0.261. The number of anilines is 1. The number of non-ortho nitro benzene ring substituents is 1. The first kappa shape index (κ1) is 13.5. The van der Waals surface area contributed by atoms with Gasteiger partial charge in [-0.3, -0.25) is 14.9 Å². The van der Waals surface area contributed by atoms with Gasteiger partial charge < -0.3 is 10.0 Å². The molecule has 0 unspecified atom stereocenters. The van der Waals surface area contributed by atoms with Crippen molar-refractivity contribution < 1.29 is 19.6 Å². The van der Waals surface area contributed by atoms with E-state index in [1.54, 1.807) is 0 Å². The summed E-state index contributed by atoms with van der Waals surface area (Å²) in [6, 6.07) is 3.86. The third kappa shape index (κ3) is 2.04. The monoisotopic (exact) mass is 291 g/mol. The Labute approximate surface area is 119 Å². The van der Waals surface area contributed by atoms with Gasteiger partial charge in [0.1, 0.15) is 6.04 Å². The highest BCUT2D eigenvalue weighted by Gasteiger charge is 2.50. The zero-order chi connectivity index (χ0) is 15.1. The number of urea groups is 1. The maximum Gasteiger partial charge on any atom is 0.332 e. The Kier molecular flexibility index (Phi) is 3.09. The number of aliphatic hydroxyl groups is 1. The molecule has 2 aliphatic heterocycles. The highest BCUT2D eigenvalue weighted by molar-refractivity contribution is 6.21. The van der Waals surface area contributed by atoms with Crippen molar-refractivity contribution in [3.05, 3.63) is 34.4 Å². The van der Waals surface area contributed by atoms with E-state index >= 15 is 0 Å². The largest absolute Gasteiger partial charge is 0.390 e. The lowest BCUT2D eigenvalue weighted by Crippen LogP contribution is -2.48. The lowest BCUT2D eigenvalue weighted by molar-refractivity contribution is -0.384. The Morgan fingerprint density at radius 2 is 1.90 bits per heavy atom. The fourth-order valence-corrected chi connectivity index (χ4v) is 2.80. The normalized spacial score (nSPS) is 25.2. The van der Waals surface area contributed by atoms with Gasteiger partial charge in [-0.25, -0.2) is 9.69 Å². The number of imide groups is 1. The second kappa shape index (κ2) is 4.81. The zero-order valence-electron chi connectivity index (χ0n) is 11.0. The van der Waals surface area contributed by atoms with Crippen molar-refractivity contribution >= 4 is 23.3 Å². The van der Waals surface area contributed by atoms with Gasteiger partial charge in [0.25, 0.3) is 11.6 Å². The van der Waals surface area contributed by atoms with Gasteiger partial charge in [0.05, 0.1) is 16.7 Å². The van der Waals surface area contributed by atoms with Crippen molar-refractivity contribution in [2.24, 2.45) is 0 Å². The molecule has 2 heterocycles. The first-order valence-corrected chi connectivity index (χ1v) is 6.58. The van der Waals surface area contributed by atoms with E-state index in [0.717, 1.165) is 4.90 Å². The van der Waals surface area contributed by atoms with Gasteiger partial charge in [-0.2, -0.15) is 0 Å². The van der Waals surface area contributed by atoms with E-state index < -0.39 is 29.0 Å². The first-order valence-electron chi connectivity index (χ1n) is 6.58. The smallest absolute Gasteiger partial charge is 0.332 e. The fourth-order valence-electron chi connectivity index (χ4n) is 2.80. The number of piperidine rings is 1. The van der Waals surface area contributed by atoms with Crippen LogP contribution in [-0.2, 0) is 4.79 Å². The summed E-state index contributed by atoms with van der Waals surface area (Å²) in [5.41, 5.74) is 0.160. The minimum atomic E-state index is -0.863. The molecule has 2 atom stereocenters. The van der Waals surface area contributed by atoms with Crippen LogP contribution < -0.4 is 4.90 Å². The van der Waals surface area contributed by atoms with Gasteiger partial charge in [0.15, 0.2) is 0 Å². The van der Waals surface area contributed by atoms with Gasteiger partial charge >= 0.3 is 6.03 Å². The molecule has 1 aromatic rings. The molecule has 0 radical (unpaired) electrons. The van der Waals surface area contributed by atoms with E-state index in [1.165, 1.54) is 29.2 Å². The average Bonchev–Trinajstić information content (AvgIpc) is 2.72. The molecule has 0 saturated carbocycles. The van der Waals surface area contributed by atoms with Crippen LogP contribution in [0.15, 0.2) is 24.3 Å². The molecular formula is C13H13N3O5. The van der Waals surface area contributed by atoms with Crippen LogP contribution in [0, 0.1) is 10.1 Å². The number of aliphatic hydroxyl groups excluding tert-OH is 1. The van der Waals surface area contributed by atoms with Gasteiger partial charge in [-0.15, -0.1) is 0 Å². The summed E-state index contributed by atoms with van der Waals surface area (Å²) in [5, 5.41) is 20.5. The molecule has 0 spiro atoms. The van der Waals surface area contributed by atoms with Crippen molar-refractivity contribution in [3.8, 4) is 0 Å². The van der Waals surface area contributed by atoms with E-state index in [0.29, 0.717) is 19.4 Å². The van der Waals surface area contributed by atoms with Crippen molar-refractivity contribution in [3.63, 3.8) is 0 Å². The molecular weight excluding hydrogens is 278 g/mol. The summed E-state index contributed by atoms with van der Waals surface area (Å²) in [5.74, 6) is -0.485. The van der Waals surface area contributed by atoms with Crippen LogP contribution in [0.1, 0.15) is 12.8 Å². The highest BCUT2D eigenvalue weighted by Crippen LogP contribution is 2.31. The number of rotatable bonds is 2. The Bertz CT molecular complexity index is 615. The maximum absolute atomic E-state index is 12.3. The summed E-state index contributed by atoms with van der Waals surface area (Å²) in [6.45, 7) is 0.426. The number of nitro benzene ring substituents is 1. The SMILES string of the molecule is O=C1[C@@H]2[C@@H](O)CCCN2C(=O)N1c1ccc([N+](=O)[O-])cc1. The summed E-state index contributed by atoms with van der Waals surface area (Å²) >= 11 is 0. The number of fused-ring (bicyclic) bond motifs is 1. The molecule has 110 valence electrons. The maximum atomic E-state index is 12.3. The first-order chi connectivity index (χ1) is 10.0. The molecule has 8 heteroatoms. The van der Waals surface area contributed by atoms with Crippen molar-refractivity contribution in [2.45, 2.75) is 25.0 Å². The van der Waals surface area contributed by atoms with Crippen molar-refractivity contribution in [1.82, 2.24) is 4.90 Å². The Hall–Kier alpha value is -2.48. The van der Waals surface area contributed by atoms with Gasteiger partial charge in [-0.05, 0) is 25.0 Å². The molecule has 21 heavy (non-hydrogen) atoms. The predicted molar refractivity (Wildman–Crippen MR) is 71.7 cm³/mol. The molecule has 2 saturated heterocycles. The number of nitrogens with zero attached hydrogens (tertiary/aromatic N) is 3. The van der Waals surface area contributed by atoms with E-state index in [1.807, 2.05) is 0 Å². The summed E-state index contributed by atoms with van der Waals surface area (Å²) in [7, 11) is 0. The van der Waals surface area contributed by atoms with Crippen LogP contribution in [0.25, 0.3) is 0 Å². The van der Waals surface area contributed by atoms with E-state index in [4.69, 9.17) is 0 Å². The number of benzene rings is 1. The molecule has 0 aliphatic carbocycles. The molecule has 8 nitrogen and oxygen atoms in total. The Morgan fingerprint density at radius 1 is 1.24 bits per heavy atom. The molecule has 3 amide bonds. The molecule has 1 N–H and O–H groups in total. The number of carbonyl (C=O) groups excluding carboxylic acids is 2. The van der Waals surface area contributed by atoms with Crippen LogP contribution in [0.3, 0.4) is 0 Å². The quantitative estimate of drug-likeness (QED) is 0.495. The number of carbonyl (C=O) groups is 2. The van der Waals surface area contributed by atoms with Crippen LogP contribution in [0.2, 0.25) is 0 Å². The Morgan fingerprint density at radius 3 is 2.48 bits per heavy atom. The highest BCUT2D eigenvalue weighted by atomic mass is 16.6. The summed E-state index contributed by atoms with van der Waals surface area (Å²) < 4.78 is 0. The lowest BCUT2D eigenvalue weighted by atomic mass is 10.00. The van der Waals surface area contributed by atoms with E-state index in [-0.39, 0.29) is 11.4 Å². The third-order valence-corrected chi connectivity index (χ3v) is 3.83. The second-order valence-corrected chi connectivity index (χ2v) is 5.08. The molecule has 2 fully saturated rings. The molecule has 2 aliphatic rings. The van der Waals surface area contributed by atoms with E-state index in [2.05, 4.69) is 0 Å². The fraction of sp³-hybridized carbons (Fsp3) is 0.385. The lowest BCUT2D eigenvalue weighted by Gasteiger charge is -2.30. The minimum absolute atomic E-state index is 0.115. The van der Waals surface area contributed by atoms with Crippen LogP contribution in [-0.4, -0.2) is 45.6 Å². The molecule has 0 aromatic heterocycles. The zero-order valence-corrected chi connectivity index (χ0v) is 11.0. The predicted octanol–water partition coefficient (Wildman–Crippen LogP) is 0.887. The number of hydrogen-bond donors (Lipinski definition) is 1. The topological polar surface area (TPSA) is 104 Å². The van der Waals surface area contributed by atoms with E-state index in [9.17, 15) is 24.8 Å². The molecule has 3 rings (SSSR count). The van der Waals surface area contributed by atoms with Crippen LogP contribution in [0.5, 0.6) is 0 Å². The van der Waals surface area contributed by atoms with Crippen LogP contribution in [0.4, 0.5) is 16.2 Å². The molecule has 1 aromatic carbocycles. The minimum Gasteiger partial charge on any atom is -0.390 e. The van der Waals surface area contributed by atoms with Crippen molar-refractivity contribution in [2.75, 3.05) is 11.4 Å². The number of amides is 3. The van der Waals surface area contributed by atoms with Gasteiger partial charge in [0.2, 0.25) is 0 Å². The third-order valence-electron chi connectivity index (χ3n) is 3.83. The summed E-state index contributed by atoms with van der Waals surface area (Å²) in [4.78, 5) is 37.1. The van der Waals surface area contributed by atoms with Gasteiger partial charge in [-0.1, -0.05) is 0 Å². The average molecular weight is 291 g/mol.